The van der Waals surface area contributed by atoms with Crippen LogP contribution in [0, 0.1) is 5.82 Å². The molecular weight excluding hydrogens is 377 g/mol. The molecule has 0 radical (unpaired) electrons. The number of ether oxygens (including phenoxy) is 1. The minimum atomic E-state index is -0.597. The number of para-hydroxylation sites is 1. The second-order valence-electron chi connectivity index (χ2n) is 5.89. The van der Waals surface area contributed by atoms with Crippen molar-refractivity contribution in [2.24, 2.45) is 0 Å². The molecule has 3 rings (SSSR count). The van der Waals surface area contributed by atoms with Gasteiger partial charge in [-0.1, -0.05) is 18.2 Å². The highest BCUT2D eigenvalue weighted by Crippen LogP contribution is 2.18. The Morgan fingerprint density at radius 1 is 0.931 bits per heavy atom. The standard InChI is InChI=1S/C21H16FN3O4/c1-29-21(28)16-7-2-3-8-17(16)25-19(26)13-9-10-23-18(11-13)20(27)24-15-6-4-5-14(22)12-15/h2-12H,1H3,(H,24,27)(H,25,26). The highest BCUT2D eigenvalue weighted by Gasteiger charge is 2.16. The Morgan fingerprint density at radius 3 is 2.48 bits per heavy atom. The van der Waals surface area contributed by atoms with Gasteiger partial charge in [-0.15, -0.1) is 0 Å². The van der Waals surface area contributed by atoms with Gasteiger partial charge in [-0.3, -0.25) is 14.6 Å². The van der Waals surface area contributed by atoms with Gasteiger partial charge in [0, 0.05) is 17.4 Å². The van der Waals surface area contributed by atoms with Crippen LogP contribution in [-0.2, 0) is 4.74 Å². The zero-order valence-electron chi connectivity index (χ0n) is 15.3. The number of hydrogen-bond donors (Lipinski definition) is 2. The van der Waals surface area contributed by atoms with Gasteiger partial charge in [-0.05, 0) is 42.5 Å². The summed E-state index contributed by atoms with van der Waals surface area (Å²) in [5, 5.41) is 5.13. The van der Waals surface area contributed by atoms with Crippen molar-refractivity contribution in [2.75, 3.05) is 17.7 Å². The summed E-state index contributed by atoms with van der Waals surface area (Å²) in [5.41, 5.74) is 0.860. The number of amides is 2. The van der Waals surface area contributed by atoms with Crippen molar-refractivity contribution in [3.63, 3.8) is 0 Å². The SMILES string of the molecule is COC(=O)c1ccccc1NC(=O)c1ccnc(C(=O)Nc2cccc(F)c2)c1. The van der Waals surface area contributed by atoms with Gasteiger partial charge in [0.1, 0.15) is 11.5 Å². The highest BCUT2D eigenvalue weighted by atomic mass is 19.1. The third-order valence-electron chi connectivity index (χ3n) is 3.92. The van der Waals surface area contributed by atoms with Crippen LogP contribution in [0.2, 0.25) is 0 Å². The molecule has 1 aromatic heterocycles. The zero-order chi connectivity index (χ0) is 20.8. The van der Waals surface area contributed by atoms with Crippen LogP contribution in [-0.4, -0.2) is 29.9 Å². The van der Waals surface area contributed by atoms with Gasteiger partial charge in [-0.25, -0.2) is 9.18 Å². The van der Waals surface area contributed by atoms with Crippen molar-refractivity contribution in [2.45, 2.75) is 0 Å². The van der Waals surface area contributed by atoms with Crippen LogP contribution in [0.25, 0.3) is 0 Å². The predicted octanol–water partition coefficient (Wildman–Crippen LogP) is 3.51. The van der Waals surface area contributed by atoms with E-state index in [0.717, 1.165) is 6.07 Å². The molecule has 146 valence electrons. The lowest BCUT2D eigenvalue weighted by Crippen LogP contribution is -2.18. The third-order valence-corrected chi connectivity index (χ3v) is 3.92. The first-order valence-electron chi connectivity index (χ1n) is 8.49. The molecule has 3 aromatic rings. The van der Waals surface area contributed by atoms with Gasteiger partial charge in [0.05, 0.1) is 18.4 Å². The number of hydrogen-bond acceptors (Lipinski definition) is 5. The molecule has 0 aliphatic rings. The molecular formula is C21H16FN3O4. The van der Waals surface area contributed by atoms with E-state index in [2.05, 4.69) is 15.6 Å². The van der Waals surface area contributed by atoms with E-state index in [-0.39, 0.29) is 28.2 Å². The van der Waals surface area contributed by atoms with Gasteiger partial charge in [0.2, 0.25) is 0 Å². The first kappa shape index (κ1) is 19.7. The number of esters is 1. The van der Waals surface area contributed by atoms with Crippen LogP contribution in [0.4, 0.5) is 15.8 Å². The summed E-state index contributed by atoms with van der Waals surface area (Å²) in [4.78, 5) is 40.7. The maximum Gasteiger partial charge on any atom is 0.339 e. The number of nitrogens with one attached hydrogen (secondary N) is 2. The van der Waals surface area contributed by atoms with Crippen LogP contribution in [0.3, 0.4) is 0 Å². The monoisotopic (exact) mass is 393 g/mol. The summed E-state index contributed by atoms with van der Waals surface area (Å²) in [6.45, 7) is 0. The van der Waals surface area contributed by atoms with Crippen molar-refractivity contribution in [1.82, 2.24) is 4.98 Å². The smallest absolute Gasteiger partial charge is 0.339 e. The van der Waals surface area contributed by atoms with E-state index in [0.29, 0.717) is 0 Å². The number of halogens is 1. The molecule has 0 spiro atoms. The molecule has 0 aliphatic carbocycles. The second kappa shape index (κ2) is 8.75. The van der Waals surface area contributed by atoms with Crippen LogP contribution in [0.15, 0.2) is 66.9 Å². The molecule has 0 bridgehead atoms. The van der Waals surface area contributed by atoms with E-state index < -0.39 is 23.6 Å². The summed E-state index contributed by atoms with van der Waals surface area (Å²) >= 11 is 0. The lowest BCUT2D eigenvalue weighted by Gasteiger charge is -2.10. The molecule has 0 fully saturated rings. The molecule has 0 unspecified atom stereocenters. The van der Waals surface area contributed by atoms with E-state index in [9.17, 15) is 18.8 Å². The van der Waals surface area contributed by atoms with Gasteiger partial charge in [0.25, 0.3) is 11.8 Å². The van der Waals surface area contributed by atoms with Gasteiger partial charge in [0.15, 0.2) is 0 Å². The predicted molar refractivity (Wildman–Crippen MR) is 104 cm³/mol. The number of carbonyl (C=O) groups excluding carboxylic acids is 3. The number of nitrogens with zero attached hydrogens (tertiary/aromatic N) is 1. The van der Waals surface area contributed by atoms with Crippen molar-refractivity contribution in [3.8, 4) is 0 Å². The fraction of sp³-hybridized carbons (Fsp3) is 0.0476. The third kappa shape index (κ3) is 4.81. The number of methoxy groups -OCH3 is 1. The molecule has 2 aromatic carbocycles. The van der Waals surface area contributed by atoms with Crippen molar-refractivity contribution in [1.29, 1.82) is 0 Å². The maximum atomic E-state index is 13.3. The number of aromatic nitrogens is 1. The Bertz CT molecular complexity index is 1080. The number of pyridine rings is 1. The quantitative estimate of drug-likeness (QED) is 0.647. The molecule has 0 saturated carbocycles. The van der Waals surface area contributed by atoms with Crippen molar-refractivity contribution in [3.05, 3.63) is 89.5 Å². The normalized spacial score (nSPS) is 10.1. The molecule has 8 heteroatoms. The Labute approximate surface area is 165 Å². The molecule has 0 atom stereocenters. The fourth-order valence-electron chi connectivity index (χ4n) is 2.53. The Hall–Kier alpha value is -4.07. The van der Waals surface area contributed by atoms with Gasteiger partial charge < -0.3 is 15.4 Å². The minimum absolute atomic E-state index is 0.0248. The first-order chi connectivity index (χ1) is 14.0. The molecule has 0 aliphatic heterocycles. The summed E-state index contributed by atoms with van der Waals surface area (Å²) in [7, 11) is 1.24. The van der Waals surface area contributed by atoms with Crippen LogP contribution < -0.4 is 10.6 Å². The van der Waals surface area contributed by atoms with E-state index in [1.165, 1.54) is 49.7 Å². The van der Waals surface area contributed by atoms with Crippen LogP contribution >= 0.6 is 0 Å². The summed E-state index contributed by atoms with van der Waals surface area (Å²) in [6, 6.07) is 14.5. The van der Waals surface area contributed by atoms with Crippen molar-refractivity contribution < 1.29 is 23.5 Å². The van der Waals surface area contributed by atoms with Gasteiger partial charge >= 0.3 is 5.97 Å². The molecule has 1 heterocycles. The average molecular weight is 393 g/mol. The lowest BCUT2D eigenvalue weighted by atomic mass is 10.1. The number of rotatable bonds is 5. The number of anilines is 2. The van der Waals surface area contributed by atoms with Crippen molar-refractivity contribution >= 4 is 29.2 Å². The number of benzene rings is 2. The first-order valence-corrected chi connectivity index (χ1v) is 8.49. The van der Waals surface area contributed by atoms with Crippen LogP contribution in [0.1, 0.15) is 31.2 Å². The van der Waals surface area contributed by atoms with E-state index in [1.54, 1.807) is 18.2 Å². The molecule has 0 saturated heterocycles. The average Bonchev–Trinajstić information content (AvgIpc) is 2.73. The topological polar surface area (TPSA) is 97.4 Å². The summed E-state index contributed by atoms with van der Waals surface area (Å²) in [6.07, 6.45) is 1.31. The Balaban J connectivity index is 1.78. The van der Waals surface area contributed by atoms with Gasteiger partial charge in [-0.2, -0.15) is 0 Å². The highest BCUT2D eigenvalue weighted by molar-refractivity contribution is 6.09. The minimum Gasteiger partial charge on any atom is -0.465 e. The second-order valence-corrected chi connectivity index (χ2v) is 5.89. The summed E-state index contributed by atoms with van der Waals surface area (Å²) < 4.78 is 18.0. The zero-order valence-corrected chi connectivity index (χ0v) is 15.3. The van der Waals surface area contributed by atoms with E-state index in [4.69, 9.17) is 4.74 Å². The van der Waals surface area contributed by atoms with E-state index in [1.807, 2.05) is 0 Å². The Kier molecular flexibility index (Phi) is 5.94. The molecule has 2 N–H and O–H groups in total. The largest absolute Gasteiger partial charge is 0.465 e. The lowest BCUT2D eigenvalue weighted by molar-refractivity contribution is 0.0601. The molecule has 2 amide bonds. The Morgan fingerprint density at radius 2 is 1.72 bits per heavy atom. The summed E-state index contributed by atoms with van der Waals surface area (Å²) in [5.74, 6) is -2.22. The number of carbonyl (C=O) groups is 3. The molecule has 29 heavy (non-hydrogen) atoms. The maximum absolute atomic E-state index is 13.3. The van der Waals surface area contributed by atoms with Crippen LogP contribution in [0.5, 0.6) is 0 Å². The molecule has 7 nitrogen and oxygen atoms in total. The van der Waals surface area contributed by atoms with E-state index >= 15 is 0 Å². The fourth-order valence-corrected chi connectivity index (χ4v) is 2.53.